The van der Waals surface area contributed by atoms with Gasteiger partial charge < -0.3 is 15.2 Å². The molecule has 0 aromatic heterocycles. The summed E-state index contributed by atoms with van der Waals surface area (Å²) in [6.07, 6.45) is 3.30. The molecule has 2 N–H and O–H groups in total. The second kappa shape index (κ2) is 8.05. The lowest BCUT2D eigenvalue weighted by atomic mass is 10.1. The van der Waals surface area contributed by atoms with Crippen molar-refractivity contribution >= 4 is 18.0 Å². The summed E-state index contributed by atoms with van der Waals surface area (Å²) in [5, 5.41) is 11.3. The van der Waals surface area contributed by atoms with Gasteiger partial charge in [0.25, 0.3) is 5.91 Å². The van der Waals surface area contributed by atoms with Crippen LogP contribution in [0.4, 0.5) is 0 Å². The van der Waals surface area contributed by atoms with Gasteiger partial charge in [-0.3, -0.25) is 4.79 Å². The van der Waals surface area contributed by atoms with Crippen LogP contribution in [0.2, 0.25) is 0 Å². The van der Waals surface area contributed by atoms with Gasteiger partial charge in [0, 0.05) is 31.9 Å². The summed E-state index contributed by atoms with van der Waals surface area (Å²) in [7, 11) is 1.62. The predicted molar refractivity (Wildman–Crippen MR) is 71.9 cm³/mol. The number of benzene rings is 1. The van der Waals surface area contributed by atoms with Crippen molar-refractivity contribution < 1.29 is 19.4 Å². The highest BCUT2D eigenvalue weighted by Crippen LogP contribution is 2.06. The number of hydrogen-bond donors (Lipinski definition) is 2. The first-order chi connectivity index (χ1) is 9.13. The number of methoxy groups -OCH3 is 1. The van der Waals surface area contributed by atoms with Gasteiger partial charge in [0.1, 0.15) is 0 Å². The zero-order valence-electron chi connectivity index (χ0n) is 10.8. The molecule has 5 nitrogen and oxygen atoms in total. The second-order valence-corrected chi connectivity index (χ2v) is 3.90. The van der Waals surface area contributed by atoms with Crippen molar-refractivity contribution in [1.29, 1.82) is 0 Å². The zero-order valence-corrected chi connectivity index (χ0v) is 10.8. The van der Waals surface area contributed by atoms with Gasteiger partial charge >= 0.3 is 5.97 Å². The monoisotopic (exact) mass is 263 g/mol. The molecule has 0 saturated heterocycles. The lowest BCUT2D eigenvalue weighted by Gasteiger charge is -2.05. The summed E-state index contributed by atoms with van der Waals surface area (Å²) in [5.74, 6) is -1.15. The number of rotatable bonds is 7. The Morgan fingerprint density at radius 3 is 2.58 bits per heavy atom. The van der Waals surface area contributed by atoms with Crippen molar-refractivity contribution in [2.45, 2.75) is 6.42 Å². The normalized spacial score (nSPS) is 10.6. The molecule has 0 atom stereocenters. The Morgan fingerprint density at radius 1 is 1.32 bits per heavy atom. The molecule has 0 unspecified atom stereocenters. The van der Waals surface area contributed by atoms with E-state index in [0.29, 0.717) is 18.7 Å². The molecule has 0 aliphatic rings. The average Bonchev–Trinajstić information content (AvgIpc) is 2.41. The van der Waals surface area contributed by atoms with Gasteiger partial charge in [-0.25, -0.2) is 4.79 Å². The van der Waals surface area contributed by atoms with E-state index in [4.69, 9.17) is 9.84 Å². The SMILES string of the molecule is COCCCNC(=O)c1ccc(C=CC(=O)O)cc1. The molecule has 5 heteroatoms. The summed E-state index contributed by atoms with van der Waals surface area (Å²) in [4.78, 5) is 22.1. The van der Waals surface area contributed by atoms with Crippen molar-refractivity contribution in [3.05, 3.63) is 41.5 Å². The maximum absolute atomic E-state index is 11.7. The molecular weight excluding hydrogens is 246 g/mol. The van der Waals surface area contributed by atoms with E-state index < -0.39 is 5.97 Å². The number of nitrogens with one attached hydrogen (secondary N) is 1. The number of carbonyl (C=O) groups is 2. The predicted octanol–water partition coefficient (Wildman–Crippen LogP) is 1.55. The van der Waals surface area contributed by atoms with E-state index in [2.05, 4.69) is 5.32 Å². The standard InChI is InChI=1S/C14H17NO4/c1-19-10-2-9-15-14(18)12-6-3-11(4-7-12)5-8-13(16)17/h3-8H,2,9-10H2,1H3,(H,15,18)(H,16,17). The third kappa shape index (κ3) is 5.83. The highest BCUT2D eigenvalue weighted by Gasteiger charge is 2.03. The van der Waals surface area contributed by atoms with E-state index in [1.807, 2.05) is 0 Å². The van der Waals surface area contributed by atoms with Gasteiger partial charge in [0.05, 0.1) is 0 Å². The summed E-state index contributed by atoms with van der Waals surface area (Å²) >= 11 is 0. The lowest BCUT2D eigenvalue weighted by Crippen LogP contribution is -2.25. The number of ether oxygens (including phenoxy) is 1. The van der Waals surface area contributed by atoms with Crippen LogP contribution >= 0.6 is 0 Å². The summed E-state index contributed by atoms with van der Waals surface area (Å²) in [5.41, 5.74) is 1.28. The van der Waals surface area contributed by atoms with Gasteiger partial charge in [0.15, 0.2) is 0 Å². The number of amides is 1. The molecule has 0 aliphatic heterocycles. The molecule has 0 aliphatic carbocycles. The highest BCUT2D eigenvalue weighted by molar-refractivity contribution is 5.94. The van der Waals surface area contributed by atoms with Crippen LogP contribution in [-0.4, -0.2) is 37.2 Å². The summed E-state index contributed by atoms with van der Waals surface area (Å²) in [6, 6.07) is 6.72. The molecule has 0 saturated carbocycles. The fourth-order valence-electron chi connectivity index (χ4n) is 1.43. The summed E-state index contributed by atoms with van der Waals surface area (Å²) < 4.78 is 4.88. The third-order valence-corrected chi connectivity index (χ3v) is 2.40. The fourth-order valence-corrected chi connectivity index (χ4v) is 1.43. The van der Waals surface area contributed by atoms with Crippen LogP contribution in [-0.2, 0) is 9.53 Å². The number of hydrogen-bond acceptors (Lipinski definition) is 3. The second-order valence-electron chi connectivity index (χ2n) is 3.90. The zero-order chi connectivity index (χ0) is 14.1. The Balaban J connectivity index is 2.51. The molecule has 1 rings (SSSR count). The molecule has 0 heterocycles. The van der Waals surface area contributed by atoms with Crippen molar-refractivity contribution in [2.75, 3.05) is 20.3 Å². The molecule has 1 aromatic carbocycles. The third-order valence-electron chi connectivity index (χ3n) is 2.40. The molecule has 0 bridgehead atoms. The van der Waals surface area contributed by atoms with Crippen molar-refractivity contribution in [3.63, 3.8) is 0 Å². The van der Waals surface area contributed by atoms with Crippen molar-refractivity contribution in [1.82, 2.24) is 5.32 Å². The smallest absolute Gasteiger partial charge is 0.328 e. The molecule has 19 heavy (non-hydrogen) atoms. The molecule has 0 radical (unpaired) electrons. The Kier molecular flexibility index (Phi) is 6.32. The first-order valence-corrected chi connectivity index (χ1v) is 5.91. The van der Waals surface area contributed by atoms with Crippen LogP contribution in [0.5, 0.6) is 0 Å². The van der Waals surface area contributed by atoms with Crippen LogP contribution in [0.25, 0.3) is 6.08 Å². The van der Waals surface area contributed by atoms with Crippen LogP contribution in [0, 0.1) is 0 Å². The highest BCUT2D eigenvalue weighted by atomic mass is 16.5. The quantitative estimate of drug-likeness (QED) is 0.578. The van der Waals surface area contributed by atoms with E-state index >= 15 is 0 Å². The van der Waals surface area contributed by atoms with Crippen LogP contribution in [0.3, 0.4) is 0 Å². The van der Waals surface area contributed by atoms with Gasteiger partial charge in [-0.15, -0.1) is 0 Å². The van der Waals surface area contributed by atoms with Crippen LogP contribution in [0.15, 0.2) is 30.3 Å². The Morgan fingerprint density at radius 2 is 2.00 bits per heavy atom. The van der Waals surface area contributed by atoms with Crippen molar-refractivity contribution in [2.24, 2.45) is 0 Å². The van der Waals surface area contributed by atoms with E-state index in [1.165, 1.54) is 6.08 Å². The van der Waals surface area contributed by atoms with Gasteiger partial charge in [-0.2, -0.15) is 0 Å². The molecular formula is C14H17NO4. The van der Waals surface area contributed by atoms with Crippen LogP contribution in [0.1, 0.15) is 22.3 Å². The maximum Gasteiger partial charge on any atom is 0.328 e. The first-order valence-electron chi connectivity index (χ1n) is 5.91. The lowest BCUT2D eigenvalue weighted by molar-refractivity contribution is -0.131. The molecule has 0 spiro atoms. The molecule has 1 amide bonds. The van der Waals surface area contributed by atoms with Gasteiger partial charge in [0.2, 0.25) is 0 Å². The van der Waals surface area contributed by atoms with Gasteiger partial charge in [-0.1, -0.05) is 12.1 Å². The Bertz CT molecular complexity index is 451. The minimum atomic E-state index is -1.00. The van der Waals surface area contributed by atoms with Crippen molar-refractivity contribution in [3.8, 4) is 0 Å². The number of carbonyl (C=O) groups excluding carboxylic acids is 1. The minimum Gasteiger partial charge on any atom is -0.478 e. The van der Waals surface area contributed by atoms with E-state index in [9.17, 15) is 9.59 Å². The molecule has 0 fully saturated rings. The van der Waals surface area contributed by atoms with E-state index in [0.717, 1.165) is 18.1 Å². The number of carboxylic acid groups (broad SMARTS) is 1. The fraction of sp³-hybridized carbons (Fsp3) is 0.286. The Hall–Kier alpha value is -2.14. The van der Waals surface area contributed by atoms with E-state index in [1.54, 1.807) is 31.4 Å². The van der Waals surface area contributed by atoms with Crippen LogP contribution < -0.4 is 5.32 Å². The Labute approximate surface area is 111 Å². The minimum absolute atomic E-state index is 0.148. The first kappa shape index (κ1) is 14.9. The van der Waals surface area contributed by atoms with E-state index in [-0.39, 0.29) is 5.91 Å². The average molecular weight is 263 g/mol. The summed E-state index contributed by atoms with van der Waals surface area (Å²) in [6.45, 7) is 1.17. The number of aliphatic carboxylic acids is 1. The topological polar surface area (TPSA) is 75.6 Å². The maximum atomic E-state index is 11.7. The number of carboxylic acids is 1. The van der Waals surface area contributed by atoms with Gasteiger partial charge in [-0.05, 0) is 30.2 Å². The molecule has 102 valence electrons. The largest absolute Gasteiger partial charge is 0.478 e. The molecule has 1 aromatic rings.